The first kappa shape index (κ1) is 24.2. The minimum atomic E-state index is -0.0627. The van der Waals surface area contributed by atoms with E-state index in [1.165, 1.54) is 5.56 Å². The SMILES string of the molecule is Cc1ccc2nc(-c3cccs3)c(CN(CCCN3CCCC3=O)C(=O)c3cc(C)nn3C)cc2c1. The zero-order valence-corrected chi connectivity index (χ0v) is 21.8. The molecule has 1 fully saturated rings. The molecule has 5 rings (SSSR count). The van der Waals surface area contributed by atoms with Crippen molar-refractivity contribution >= 4 is 34.1 Å². The zero-order valence-electron chi connectivity index (χ0n) is 21.0. The predicted molar refractivity (Wildman–Crippen MR) is 143 cm³/mol. The van der Waals surface area contributed by atoms with Crippen LogP contribution in [-0.2, 0) is 18.4 Å². The topological polar surface area (TPSA) is 71.3 Å². The summed E-state index contributed by atoms with van der Waals surface area (Å²) in [6, 6.07) is 14.4. The third-order valence-corrected chi connectivity index (χ3v) is 7.58. The number of carbonyl (C=O) groups excluding carboxylic acids is 2. The average Bonchev–Trinajstić information content (AvgIpc) is 3.59. The molecule has 4 aromatic rings. The van der Waals surface area contributed by atoms with Gasteiger partial charge in [0.2, 0.25) is 5.91 Å². The van der Waals surface area contributed by atoms with Crippen molar-refractivity contribution in [2.24, 2.45) is 7.05 Å². The van der Waals surface area contributed by atoms with E-state index in [4.69, 9.17) is 4.98 Å². The Balaban J connectivity index is 1.49. The van der Waals surface area contributed by atoms with E-state index in [0.717, 1.165) is 52.1 Å². The maximum Gasteiger partial charge on any atom is 0.272 e. The van der Waals surface area contributed by atoms with E-state index in [1.807, 2.05) is 28.9 Å². The molecule has 186 valence electrons. The lowest BCUT2D eigenvalue weighted by Gasteiger charge is -2.25. The highest BCUT2D eigenvalue weighted by Gasteiger charge is 2.24. The molecule has 0 N–H and O–H groups in total. The molecule has 0 aliphatic carbocycles. The summed E-state index contributed by atoms with van der Waals surface area (Å²) in [4.78, 5) is 35.8. The molecule has 0 bridgehead atoms. The monoisotopic (exact) mass is 501 g/mol. The Bertz CT molecular complexity index is 1410. The van der Waals surface area contributed by atoms with Gasteiger partial charge in [0.25, 0.3) is 5.91 Å². The fourth-order valence-electron chi connectivity index (χ4n) is 4.91. The highest BCUT2D eigenvalue weighted by atomic mass is 32.1. The summed E-state index contributed by atoms with van der Waals surface area (Å²) in [5.74, 6) is 0.150. The van der Waals surface area contributed by atoms with Crippen molar-refractivity contribution in [1.82, 2.24) is 24.6 Å². The van der Waals surface area contributed by atoms with E-state index in [-0.39, 0.29) is 11.8 Å². The first-order valence-corrected chi connectivity index (χ1v) is 13.3. The summed E-state index contributed by atoms with van der Waals surface area (Å²) in [7, 11) is 1.80. The zero-order chi connectivity index (χ0) is 25.2. The summed E-state index contributed by atoms with van der Waals surface area (Å²) in [5, 5.41) is 7.51. The highest BCUT2D eigenvalue weighted by molar-refractivity contribution is 7.13. The van der Waals surface area contributed by atoms with Gasteiger partial charge in [-0.2, -0.15) is 5.10 Å². The predicted octanol–water partition coefficient (Wildman–Crippen LogP) is 4.97. The van der Waals surface area contributed by atoms with E-state index >= 15 is 0 Å². The number of likely N-dealkylation sites (tertiary alicyclic amines) is 1. The third-order valence-electron chi connectivity index (χ3n) is 6.70. The molecular formula is C28H31N5O2S. The van der Waals surface area contributed by atoms with Gasteiger partial charge in [-0.25, -0.2) is 4.98 Å². The molecule has 2 amide bonds. The molecule has 1 aliphatic rings. The van der Waals surface area contributed by atoms with Crippen molar-refractivity contribution in [3.63, 3.8) is 0 Å². The molecule has 3 aromatic heterocycles. The number of thiophene rings is 1. The highest BCUT2D eigenvalue weighted by Crippen LogP contribution is 2.31. The molecule has 8 heteroatoms. The van der Waals surface area contributed by atoms with Gasteiger partial charge in [0, 0.05) is 45.0 Å². The standard InChI is InChI=1S/C28H31N5O2S/c1-19-9-10-23-21(15-19)17-22(27(29-23)25-7-5-14-36-25)18-33(13-6-12-32-11-4-8-26(32)34)28(35)24-16-20(2)30-31(24)3/h5,7,9-10,14-17H,4,6,8,11-13,18H2,1-3H3. The van der Waals surface area contributed by atoms with Crippen LogP contribution in [0, 0.1) is 13.8 Å². The van der Waals surface area contributed by atoms with Gasteiger partial charge in [-0.3, -0.25) is 14.3 Å². The van der Waals surface area contributed by atoms with Crippen LogP contribution < -0.4 is 0 Å². The van der Waals surface area contributed by atoms with E-state index in [0.29, 0.717) is 31.7 Å². The normalized spacial score (nSPS) is 13.6. The van der Waals surface area contributed by atoms with E-state index in [2.05, 4.69) is 47.7 Å². The molecule has 0 atom stereocenters. The van der Waals surface area contributed by atoms with Crippen LogP contribution in [0.2, 0.25) is 0 Å². The second-order valence-electron chi connectivity index (χ2n) is 9.53. The Morgan fingerprint density at radius 3 is 2.72 bits per heavy atom. The van der Waals surface area contributed by atoms with Crippen LogP contribution >= 0.6 is 11.3 Å². The van der Waals surface area contributed by atoms with Crippen LogP contribution in [0.4, 0.5) is 0 Å². The summed E-state index contributed by atoms with van der Waals surface area (Å²) >= 11 is 1.65. The van der Waals surface area contributed by atoms with E-state index < -0.39 is 0 Å². The van der Waals surface area contributed by atoms with Crippen LogP contribution in [0.5, 0.6) is 0 Å². The van der Waals surface area contributed by atoms with Gasteiger partial charge < -0.3 is 9.80 Å². The van der Waals surface area contributed by atoms with Crippen molar-refractivity contribution in [3.05, 3.63) is 70.4 Å². The first-order valence-electron chi connectivity index (χ1n) is 12.4. The molecule has 1 aliphatic heterocycles. The quantitative estimate of drug-likeness (QED) is 0.342. The number of amides is 2. The molecule has 7 nitrogen and oxygen atoms in total. The average molecular weight is 502 g/mol. The van der Waals surface area contributed by atoms with Crippen LogP contribution in [0.3, 0.4) is 0 Å². The lowest BCUT2D eigenvalue weighted by Crippen LogP contribution is -2.35. The van der Waals surface area contributed by atoms with Gasteiger partial charge in [0.05, 0.1) is 21.8 Å². The lowest BCUT2D eigenvalue weighted by molar-refractivity contribution is -0.127. The smallest absolute Gasteiger partial charge is 0.272 e. The van der Waals surface area contributed by atoms with Crippen LogP contribution in [0.25, 0.3) is 21.5 Å². The first-order chi connectivity index (χ1) is 17.4. The van der Waals surface area contributed by atoms with Gasteiger partial charge in [-0.15, -0.1) is 11.3 Å². The van der Waals surface area contributed by atoms with E-state index in [1.54, 1.807) is 23.1 Å². The summed E-state index contributed by atoms with van der Waals surface area (Å²) in [6.45, 7) is 6.42. The van der Waals surface area contributed by atoms with Gasteiger partial charge in [0.15, 0.2) is 0 Å². The minimum absolute atomic E-state index is 0.0627. The number of hydrogen-bond acceptors (Lipinski definition) is 5. The Kier molecular flexibility index (Phi) is 6.87. The molecule has 36 heavy (non-hydrogen) atoms. The number of nitrogens with zero attached hydrogens (tertiary/aromatic N) is 5. The molecule has 0 spiro atoms. The number of aryl methyl sites for hydroxylation is 3. The van der Waals surface area contributed by atoms with Crippen molar-refractivity contribution in [2.45, 2.75) is 39.7 Å². The maximum atomic E-state index is 13.8. The largest absolute Gasteiger partial charge is 0.343 e. The molecular weight excluding hydrogens is 470 g/mol. The Hall–Kier alpha value is -3.52. The van der Waals surface area contributed by atoms with Crippen LogP contribution in [0.15, 0.2) is 47.8 Å². The van der Waals surface area contributed by atoms with E-state index in [9.17, 15) is 9.59 Å². The second-order valence-corrected chi connectivity index (χ2v) is 10.5. The molecule has 4 heterocycles. The van der Waals surface area contributed by atoms with Gasteiger partial charge in [0.1, 0.15) is 5.69 Å². The van der Waals surface area contributed by atoms with Crippen molar-refractivity contribution in [2.75, 3.05) is 19.6 Å². The summed E-state index contributed by atoms with van der Waals surface area (Å²) in [5.41, 5.74) is 5.42. The van der Waals surface area contributed by atoms with Crippen LogP contribution in [-0.4, -0.2) is 56.0 Å². The molecule has 0 saturated carbocycles. The van der Waals surface area contributed by atoms with Crippen molar-refractivity contribution in [1.29, 1.82) is 0 Å². The summed E-state index contributed by atoms with van der Waals surface area (Å²) in [6.07, 6.45) is 2.27. The summed E-state index contributed by atoms with van der Waals surface area (Å²) < 4.78 is 1.65. The van der Waals surface area contributed by atoms with Crippen molar-refractivity contribution < 1.29 is 9.59 Å². The number of benzene rings is 1. The Morgan fingerprint density at radius 2 is 2.03 bits per heavy atom. The fraction of sp³-hybridized carbons (Fsp3) is 0.357. The maximum absolute atomic E-state index is 13.8. The molecule has 0 unspecified atom stereocenters. The third kappa shape index (κ3) is 5.04. The second kappa shape index (κ2) is 10.2. The minimum Gasteiger partial charge on any atom is -0.343 e. The van der Waals surface area contributed by atoms with Crippen LogP contribution in [0.1, 0.15) is 46.6 Å². The Morgan fingerprint density at radius 1 is 1.17 bits per heavy atom. The Labute approximate surface area is 215 Å². The number of carbonyl (C=O) groups is 2. The lowest BCUT2D eigenvalue weighted by atomic mass is 10.1. The number of fused-ring (bicyclic) bond motifs is 1. The number of rotatable bonds is 8. The fourth-order valence-corrected chi connectivity index (χ4v) is 5.66. The molecule has 1 aromatic carbocycles. The number of hydrogen-bond donors (Lipinski definition) is 0. The number of pyridine rings is 1. The van der Waals surface area contributed by atoms with Crippen molar-refractivity contribution in [3.8, 4) is 10.6 Å². The van der Waals surface area contributed by atoms with Gasteiger partial charge in [-0.1, -0.05) is 17.7 Å². The molecule has 0 radical (unpaired) electrons. The van der Waals surface area contributed by atoms with Gasteiger partial charge >= 0.3 is 0 Å². The molecule has 1 saturated heterocycles. The number of aromatic nitrogens is 3. The van der Waals surface area contributed by atoms with Gasteiger partial charge in [-0.05, 0) is 68.0 Å².